The average Bonchev–Trinajstić information content (AvgIpc) is 2.33. The Morgan fingerprint density at radius 3 is 2.67 bits per heavy atom. The average molecular weight is 313 g/mol. The quantitative estimate of drug-likeness (QED) is 0.923. The van der Waals surface area contributed by atoms with Gasteiger partial charge < -0.3 is 5.32 Å². The molecule has 2 aromatic rings. The SMILES string of the molecule is O=C(Nc1ccc(Br)cc1F)c1ccncc1F. The van der Waals surface area contributed by atoms with E-state index in [1.54, 1.807) is 6.07 Å². The van der Waals surface area contributed by atoms with Crippen molar-refractivity contribution in [2.45, 2.75) is 0 Å². The van der Waals surface area contributed by atoms with Gasteiger partial charge in [0.25, 0.3) is 5.91 Å². The lowest BCUT2D eigenvalue weighted by Gasteiger charge is -2.07. The Bertz CT molecular complexity index is 604. The molecule has 0 bridgehead atoms. The van der Waals surface area contributed by atoms with Crippen molar-refractivity contribution >= 4 is 27.5 Å². The van der Waals surface area contributed by atoms with Crippen LogP contribution >= 0.6 is 15.9 Å². The van der Waals surface area contributed by atoms with Crippen LogP contribution in [0.2, 0.25) is 0 Å². The second kappa shape index (κ2) is 5.22. The Hall–Kier alpha value is -1.82. The van der Waals surface area contributed by atoms with Crippen molar-refractivity contribution < 1.29 is 13.6 Å². The van der Waals surface area contributed by atoms with Crippen molar-refractivity contribution in [3.8, 4) is 0 Å². The number of nitrogens with one attached hydrogen (secondary N) is 1. The van der Waals surface area contributed by atoms with E-state index in [9.17, 15) is 13.6 Å². The summed E-state index contributed by atoms with van der Waals surface area (Å²) in [4.78, 5) is 15.2. The van der Waals surface area contributed by atoms with E-state index in [0.717, 1.165) is 6.20 Å². The van der Waals surface area contributed by atoms with Crippen molar-refractivity contribution in [1.29, 1.82) is 0 Å². The molecule has 1 N–H and O–H groups in total. The third-order valence-corrected chi connectivity index (χ3v) is 2.69. The number of hydrogen-bond donors (Lipinski definition) is 1. The van der Waals surface area contributed by atoms with Crippen molar-refractivity contribution in [2.24, 2.45) is 0 Å². The molecule has 0 unspecified atom stereocenters. The monoisotopic (exact) mass is 312 g/mol. The Labute approximate surface area is 110 Å². The highest BCUT2D eigenvalue weighted by Crippen LogP contribution is 2.20. The number of carbonyl (C=O) groups excluding carboxylic acids is 1. The lowest BCUT2D eigenvalue weighted by Crippen LogP contribution is -2.14. The molecule has 18 heavy (non-hydrogen) atoms. The molecular weight excluding hydrogens is 306 g/mol. The molecule has 0 aliphatic rings. The van der Waals surface area contributed by atoms with Gasteiger partial charge in [-0.2, -0.15) is 0 Å². The minimum Gasteiger partial charge on any atom is -0.319 e. The Morgan fingerprint density at radius 1 is 1.22 bits per heavy atom. The number of anilines is 1. The molecule has 6 heteroatoms. The van der Waals surface area contributed by atoms with E-state index >= 15 is 0 Å². The number of pyridine rings is 1. The molecule has 0 aliphatic carbocycles. The van der Waals surface area contributed by atoms with Crippen molar-refractivity contribution in [2.75, 3.05) is 5.32 Å². The van der Waals surface area contributed by atoms with Gasteiger partial charge in [0.15, 0.2) is 5.82 Å². The van der Waals surface area contributed by atoms with Gasteiger partial charge in [0.2, 0.25) is 0 Å². The molecule has 92 valence electrons. The summed E-state index contributed by atoms with van der Waals surface area (Å²) in [5.41, 5.74) is -0.202. The van der Waals surface area contributed by atoms with Gasteiger partial charge in [-0.25, -0.2) is 8.78 Å². The standard InChI is InChI=1S/C12H7BrF2N2O/c13-7-1-2-11(9(14)5-7)17-12(18)8-3-4-16-6-10(8)15/h1-6H,(H,17,18). The maximum atomic E-state index is 13.5. The topological polar surface area (TPSA) is 42.0 Å². The predicted octanol–water partition coefficient (Wildman–Crippen LogP) is 3.37. The highest BCUT2D eigenvalue weighted by molar-refractivity contribution is 9.10. The summed E-state index contributed by atoms with van der Waals surface area (Å²) >= 11 is 3.10. The number of aromatic nitrogens is 1. The fraction of sp³-hybridized carbons (Fsp3) is 0. The summed E-state index contributed by atoms with van der Waals surface area (Å²) in [6.07, 6.45) is 2.21. The molecule has 0 saturated heterocycles. The highest BCUT2D eigenvalue weighted by Gasteiger charge is 2.13. The summed E-state index contributed by atoms with van der Waals surface area (Å²) in [6.45, 7) is 0. The first-order valence-corrected chi connectivity index (χ1v) is 5.73. The van der Waals surface area contributed by atoms with Crippen LogP contribution in [0.3, 0.4) is 0 Å². The third-order valence-electron chi connectivity index (χ3n) is 2.20. The van der Waals surface area contributed by atoms with Gasteiger partial charge in [-0.15, -0.1) is 0 Å². The lowest BCUT2D eigenvalue weighted by atomic mass is 10.2. The molecular formula is C12H7BrF2N2O. The lowest BCUT2D eigenvalue weighted by molar-refractivity contribution is 0.102. The summed E-state index contributed by atoms with van der Waals surface area (Å²) in [5, 5.41) is 2.29. The van der Waals surface area contributed by atoms with Gasteiger partial charge in [0.1, 0.15) is 5.82 Å². The third kappa shape index (κ3) is 2.70. The molecule has 0 fully saturated rings. The number of halogens is 3. The fourth-order valence-corrected chi connectivity index (χ4v) is 1.67. The van der Waals surface area contributed by atoms with Gasteiger partial charge in [-0.05, 0) is 24.3 Å². The molecule has 1 heterocycles. The fourth-order valence-electron chi connectivity index (χ4n) is 1.34. The summed E-state index contributed by atoms with van der Waals surface area (Å²) < 4.78 is 27.3. The van der Waals surface area contributed by atoms with Crippen LogP contribution in [0.15, 0.2) is 41.1 Å². The van der Waals surface area contributed by atoms with Crippen LogP contribution in [0, 0.1) is 11.6 Å². The van der Waals surface area contributed by atoms with Crippen LogP contribution in [-0.4, -0.2) is 10.9 Å². The van der Waals surface area contributed by atoms with E-state index in [2.05, 4.69) is 26.2 Å². The van der Waals surface area contributed by atoms with Crippen LogP contribution in [0.5, 0.6) is 0 Å². The molecule has 1 aromatic carbocycles. The zero-order valence-electron chi connectivity index (χ0n) is 8.95. The second-order valence-corrected chi connectivity index (χ2v) is 4.35. The molecule has 2 rings (SSSR count). The minimum atomic E-state index is -0.757. The van der Waals surface area contributed by atoms with E-state index in [1.807, 2.05) is 0 Å². The molecule has 0 spiro atoms. The van der Waals surface area contributed by atoms with Crippen LogP contribution in [0.1, 0.15) is 10.4 Å². The molecule has 0 saturated carbocycles. The first-order valence-electron chi connectivity index (χ1n) is 4.94. The summed E-state index contributed by atoms with van der Waals surface area (Å²) in [5.74, 6) is -2.09. The molecule has 3 nitrogen and oxygen atoms in total. The first kappa shape index (κ1) is 12.6. The number of amides is 1. The Kier molecular flexibility index (Phi) is 3.66. The number of carbonyl (C=O) groups is 1. The van der Waals surface area contributed by atoms with E-state index in [0.29, 0.717) is 4.47 Å². The molecule has 0 aliphatic heterocycles. The van der Waals surface area contributed by atoms with Gasteiger partial charge in [0.05, 0.1) is 17.4 Å². The Balaban J connectivity index is 2.24. The van der Waals surface area contributed by atoms with E-state index in [-0.39, 0.29) is 11.3 Å². The highest BCUT2D eigenvalue weighted by atomic mass is 79.9. The smallest absolute Gasteiger partial charge is 0.258 e. The van der Waals surface area contributed by atoms with Gasteiger partial charge >= 0.3 is 0 Å². The molecule has 1 aromatic heterocycles. The summed E-state index contributed by atoms with van der Waals surface area (Å²) in [7, 11) is 0. The Morgan fingerprint density at radius 2 is 2.00 bits per heavy atom. The number of benzene rings is 1. The van der Waals surface area contributed by atoms with Crippen LogP contribution in [0.4, 0.5) is 14.5 Å². The summed E-state index contributed by atoms with van der Waals surface area (Å²) in [6, 6.07) is 5.39. The normalized spacial score (nSPS) is 10.2. The minimum absolute atomic E-state index is 0.0144. The number of rotatable bonds is 2. The largest absolute Gasteiger partial charge is 0.319 e. The predicted molar refractivity (Wildman–Crippen MR) is 66.2 cm³/mol. The van der Waals surface area contributed by atoms with Gasteiger partial charge in [-0.1, -0.05) is 15.9 Å². The molecule has 1 amide bonds. The van der Waals surface area contributed by atoms with Crippen LogP contribution in [0.25, 0.3) is 0 Å². The second-order valence-electron chi connectivity index (χ2n) is 3.43. The maximum Gasteiger partial charge on any atom is 0.258 e. The van der Waals surface area contributed by atoms with Gasteiger partial charge in [0, 0.05) is 10.7 Å². The van der Waals surface area contributed by atoms with Crippen LogP contribution < -0.4 is 5.32 Å². The molecule has 0 radical (unpaired) electrons. The first-order chi connectivity index (χ1) is 8.58. The molecule has 0 atom stereocenters. The van der Waals surface area contributed by atoms with Crippen LogP contribution in [-0.2, 0) is 0 Å². The van der Waals surface area contributed by atoms with E-state index in [4.69, 9.17) is 0 Å². The van der Waals surface area contributed by atoms with E-state index < -0.39 is 17.5 Å². The van der Waals surface area contributed by atoms with Crippen molar-refractivity contribution in [3.63, 3.8) is 0 Å². The number of nitrogens with zero attached hydrogens (tertiary/aromatic N) is 1. The van der Waals surface area contributed by atoms with E-state index in [1.165, 1.54) is 24.4 Å². The number of hydrogen-bond acceptors (Lipinski definition) is 2. The maximum absolute atomic E-state index is 13.5. The van der Waals surface area contributed by atoms with Crippen molar-refractivity contribution in [1.82, 2.24) is 4.98 Å². The van der Waals surface area contributed by atoms with Gasteiger partial charge in [-0.3, -0.25) is 9.78 Å². The van der Waals surface area contributed by atoms with Crippen molar-refractivity contribution in [3.05, 3.63) is 58.3 Å². The zero-order valence-corrected chi connectivity index (χ0v) is 10.5. The zero-order chi connectivity index (χ0) is 13.1.